The molecular weight excluding hydrogens is 304 g/mol. The van der Waals surface area contributed by atoms with Crippen molar-refractivity contribution in [1.82, 2.24) is 14.5 Å². The quantitative estimate of drug-likeness (QED) is 0.749. The number of imidazole rings is 1. The minimum absolute atomic E-state index is 0.0556. The number of para-hydroxylation sites is 2. The van der Waals surface area contributed by atoms with Gasteiger partial charge in [0.15, 0.2) is 0 Å². The van der Waals surface area contributed by atoms with Crippen LogP contribution in [-0.4, -0.2) is 25.6 Å². The van der Waals surface area contributed by atoms with Crippen molar-refractivity contribution in [2.24, 2.45) is 0 Å². The number of carboxylic acid groups (broad SMARTS) is 1. The van der Waals surface area contributed by atoms with Crippen LogP contribution in [0.4, 0.5) is 5.82 Å². The topological polar surface area (TPSA) is 80.0 Å². The van der Waals surface area contributed by atoms with Gasteiger partial charge in [0.25, 0.3) is 0 Å². The van der Waals surface area contributed by atoms with Crippen molar-refractivity contribution >= 4 is 22.8 Å². The fraction of sp³-hybridized carbons (Fsp3) is 0.278. The molecule has 0 saturated heterocycles. The van der Waals surface area contributed by atoms with Crippen LogP contribution < -0.4 is 5.32 Å². The normalized spacial score (nSPS) is 12.3. The first-order chi connectivity index (χ1) is 11.5. The Morgan fingerprint density at radius 1 is 1.25 bits per heavy atom. The standard InChI is InChI=1S/C18H20N4O2/c1-4-22-15-8-6-5-7-14(15)21-17(22)12(3)20-16-10-9-13(18(23)24)11(2)19-16/h5-10,12H,4H2,1-3H3,(H,19,20)(H,23,24). The molecule has 24 heavy (non-hydrogen) atoms. The molecule has 0 spiro atoms. The first-order valence-corrected chi connectivity index (χ1v) is 7.94. The number of nitrogens with zero attached hydrogens (tertiary/aromatic N) is 3. The number of carboxylic acids is 1. The van der Waals surface area contributed by atoms with E-state index in [1.807, 2.05) is 25.1 Å². The molecule has 124 valence electrons. The van der Waals surface area contributed by atoms with Crippen molar-refractivity contribution in [3.8, 4) is 0 Å². The number of carbonyl (C=O) groups is 1. The molecule has 1 unspecified atom stereocenters. The van der Waals surface area contributed by atoms with Gasteiger partial charge in [-0.1, -0.05) is 12.1 Å². The third-order valence-corrected chi connectivity index (χ3v) is 4.07. The second-order valence-electron chi connectivity index (χ2n) is 5.70. The Balaban J connectivity index is 1.91. The zero-order valence-corrected chi connectivity index (χ0v) is 13.9. The summed E-state index contributed by atoms with van der Waals surface area (Å²) < 4.78 is 2.17. The zero-order chi connectivity index (χ0) is 17.3. The number of rotatable bonds is 5. The van der Waals surface area contributed by atoms with Crippen LogP contribution in [0.1, 0.15) is 41.8 Å². The smallest absolute Gasteiger partial charge is 0.337 e. The molecule has 0 aliphatic heterocycles. The van der Waals surface area contributed by atoms with Gasteiger partial charge in [0.05, 0.1) is 28.3 Å². The van der Waals surface area contributed by atoms with Crippen molar-refractivity contribution < 1.29 is 9.90 Å². The van der Waals surface area contributed by atoms with Crippen LogP contribution in [0, 0.1) is 6.92 Å². The molecule has 2 aromatic heterocycles. The largest absolute Gasteiger partial charge is 0.478 e. The predicted molar refractivity (Wildman–Crippen MR) is 93.4 cm³/mol. The highest BCUT2D eigenvalue weighted by Gasteiger charge is 2.16. The molecule has 2 N–H and O–H groups in total. The van der Waals surface area contributed by atoms with Crippen LogP contribution in [0.3, 0.4) is 0 Å². The van der Waals surface area contributed by atoms with Crippen molar-refractivity contribution in [3.63, 3.8) is 0 Å². The Labute approximate surface area is 140 Å². The lowest BCUT2D eigenvalue weighted by Crippen LogP contribution is -2.15. The van der Waals surface area contributed by atoms with E-state index < -0.39 is 5.97 Å². The van der Waals surface area contributed by atoms with E-state index in [1.165, 1.54) is 0 Å². The molecule has 6 nitrogen and oxygen atoms in total. The Hall–Kier alpha value is -2.89. The van der Waals surface area contributed by atoms with Crippen LogP contribution in [0.25, 0.3) is 11.0 Å². The highest BCUT2D eigenvalue weighted by Crippen LogP contribution is 2.23. The molecule has 0 fully saturated rings. The van der Waals surface area contributed by atoms with Crippen molar-refractivity contribution in [2.45, 2.75) is 33.4 Å². The second kappa shape index (κ2) is 6.31. The van der Waals surface area contributed by atoms with Gasteiger partial charge in [0.2, 0.25) is 0 Å². The molecule has 1 aromatic carbocycles. The summed E-state index contributed by atoms with van der Waals surface area (Å²) in [6.45, 7) is 6.64. The number of benzene rings is 1. The van der Waals surface area contributed by atoms with E-state index in [0.717, 1.165) is 23.4 Å². The number of hydrogen-bond acceptors (Lipinski definition) is 4. The van der Waals surface area contributed by atoms with E-state index in [4.69, 9.17) is 10.1 Å². The van der Waals surface area contributed by atoms with E-state index in [0.29, 0.717) is 11.5 Å². The number of nitrogens with one attached hydrogen (secondary N) is 1. The predicted octanol–water partition coefficient (Wildman–Crippen LogP) is 3.63. The minimum atomic E-state index is -0.965. The maximum absolute atomic E-state index is 11.1. The van der Waals surface area contributed by atoms with Gasteiger partial charge in [0, 0.05) is 6.54 Å². The minimum Gasteiger partial charge on any atom is -0.478 e. The highest BCUT2D eigenvalue weighted by molar-refractivity contribution is 5.89. The van der Waals surface area contributed by atoms with Crippen LogP contribution in [0.2, 0.25) is 0 Å². The molecule has 0 aliphatic carbocycles. The Bertz CT molecular complexity index is 901. The molecule has 2 heterocycles. The maximum atomic E-state index is 11.1. The number of anilines is 1. The lowest BCUT2D eigenvalue weighted by molar-refractivity contribution is 0.0695. The lowest BCUT2D eigenvalue weighted by atomic mass is 10.2. The van der Waals surface area contributed by atoms with Gasteiger partial charge in [-0.25, -0.2) is 14.8 Å². The summed E-state index contributed by atoms with van der Waals surface area (Å²) >= 11 is 0. The average Bonchev–Trinajstić information content (AvgIpc) is 2.93. The van der Waals surface area contributed by atoms with Crippen molar-refractivity contribution in [3.05, 3.63) is 53.5 Å². The number of aryl methyl sites for hydroxylation is 2. The summed E-state index contributed by atoms with van der Waals surface area (Å²) in [7, 11) is 0. The van der Waals surface area contributed by atoms with Crippen molar-refractivity contribution in [1.29, 1.82) is 0 Å². The molecule has 0 aliphatic rings. The Kier molecular flexibility index (Phi) is 4.20. The molecular formula is C18H20N4O2. The summed E-state index contributed by atoms with van der Waals surface area (Å²) in [6.07, 6.45) is 0. The third-order valence-electron chi connectivity index (χ3n) is 4.07. The Morgan fingerprint density at radius 3 is 2.67 bits per heavy atom. The molecule has 0 bridgehead atoms. The first-order valence-electron chi connectivity index (χ1n) is 7.94. The van der Waals surface area contributed by atoms with Gasteiger partial charge >= 0.3 is 5.97 Å². The zero-order valence-electron chi connectivity index (χ0n) is 13.9. The van der Waals surface area contributed by atoms with Crippen LogP contribution >= 0.6 is 0 Å². The number of hydrogen-bond donors (Lipinski definition) is 2. The second-order valence-corrected chi connectivity index (χ2v) is 5.70. The summed E-state index contributed by atoms with van der Waals surface area (Å²) in [5, 5.41) is 12.4. The molecule has 0 saturated carbocycles. The molecule has 1 atom stereocenters. The van der Waals surface area contributed by atoms with E-state index in [1.54, 1.807) is 19.1 Å². The summed E-state index contributed by atoms with van der Waals surface area (Å²) in [5.74, 6) is 0.604. The number of aromatic nitrogens is 3. The lowest BCUT2D eigenvalue weighted by Gasteiger charge is -2.16. The van der Waals surface area contributed by atoms with E-state index in [2.05, 4.69) is 27.9 Å². The summed E-state index contributed by atoms with van der Waals surface area (Å²) in [5.41, 5.74) is 2.78. The van der Waals surface area contributed by atoms with E-state index in [9.17, 15) is 4.79 Å². The van der Waals surface area contributed by atoms with Crippen molar-refractivity contribution in [2.75, 3.05) is 5.32 Å². The van der Waals surface area contributed by atoms with Gasteiger partial charge in [-0.15, -0.1) is 0 Å². The van der Waals surface area contributed by atoms with Gasteiger partial charge < -0.3 is 15.0 Å². The van der Waals surface area contributed by atoms with E-state index in [-0.39, 0.29) is 11.6 Å². The molecule has 3 rings (SSSR count). The average molecular weight is 324 g/mol. The third kappa shape index (κ3) is 2.82. The highest BCUT2D eigenvalue weighted by atomic mass is 16.4. The SMILES string of the molecule is CCn1c(C(C)Nc2ccc(C(=O)O)c(C)n2)nc2ccccc21. The fourth-order valence-corrected chi connectivity index (χ4v) is 2.91. The molecule has 0 amide bonds. The molecule has 3 aromatic rings. The van der Waals surface area contributed by atoms with Crippen LogP contribution in [-0.2, 0) is 6.54 Å². The number of aromatic carboxylic acids is 1. The fourth-order valence-electron chi connectivity index (χ4n) is 2.91. The van der Waals surface area contributed by atoms with Gasteiger partial charge in [-0.05, 0) is 45.0 Å². The summed E-state index contributed by atoms with van der Waals surface area (Å²) in [4.78, 5) is 20.2. The number of pyridine rings is 1. The molecule has 0 radical (unpaired) electrons. The van der Waals surface area contributed by atoms with Gasteiger partial charge in [-0.2, -0.15) is 0 Å². The van der Waals surface area contributed by atoms with Crippen LogP contribution in [0.15, 0.2) is 36.4 Å². The monoisotopic (exact) mass is 324 g/mol. The Morgan fingerprint density at radius 2 is 2.00 bits per heavy atom. The van der Waals surface area contributed by atoms with E-state index >= 15 is 0 Å². The van der Waals surface area contributed by atoms with Crippen LogP contribution in [0.5, 0.6) is 0 Å². The van der Waals surface area contributed by atoms with Gasteiger partial charge in [0.1, 0.15) is 11.6 Å². The number of fused-ring (bicyclic) bond motifs is 1. The summed E-state index contributed by atoms with van der Waals surface area (Å²) in [6, 6.07) is 11.3. The maximum Gasteiger partial charge on any atom is 0.337 e. The first kappa shape index (κ1) is 16.0. The molecule has 6 heteroatoms. The van der Waals surface area contributed by atoms with Gasteiger partial charge in [-0.3, -0.25) is 0 Å².